The Hall–Kier alpha value is -2.92. The molecule has 12 heteroatoms. The van der Waals surface area contributed by atoms with Crippen LogP contribution in [-0.2, 0) is 27.9 Å². The van der Waals surface area contributed by atoms with Crippen molar-refractivity contribution < 1.29 is 18.1 Å². The van der Waals surface area contributed by atoms with Crippen molar-refractivity contribution in [1.29, 1.82) is 0 Å². The molecule has 1 aliphatic rings. The lowest BCUT2D eigenvalue weighted by atomic mass is 9.94. The van der Waals surface area contributed by atoms with E-state index in [2.05, 4.69) is 4.57 Å². The quantitative estimate of drug-likeness (QED) is 0.159. The van der Waals surface area contributed by atoms with Crippen molar-refractivity contribution in [1.82, 2.24) is 13.8 Å². The van der Waals surface area contributed by atoms with E-state index in [1.54, 1.807) is 6.92 Å². The zero-order chi connectivity index (χ0) is 30.4. The molecule has 0 spiro atoms. The molecular formula is C30H36Cl2N4O5S. The summed E-state index contributed by atoms with van der Waals surface area (Å²) in [6.07, 6.45) is 7.18. The minimum absolute atomic E-state index is 0.0204. The Balaban J connectivity index is 1.64. The van der Waals surface area contributed by atoms with Gasteiger partial charge in [0, 0.05) is 41.6 Å². The number of hydrogen-bond donors (Lipinski definition) is 0. The number of benzene rings is 2. The van der Waals surface area contributed by atoms with Gasteiger partial charge in [-0.3, -0.25) is 14.9 Å². The normalized spacial score (nSPS) is 15.1. The van der Waals surface area contributed by atoms with Crippen LogP contribution in [0.25, 0.3) is 0 Å². The Morgan fingerprint density at radius 3 is 2.45 bits per heavy atom. The number of nitro groups is 1. The summed E-state index contributed by atoms with van der Waals surface area (Å²) in [5.41, 5.74) is 1.37. The minimum atomic E-state index is -4.26. The second kappa shape index (κ2) is 14.0. The standard InChI is InChI=1S/C30H36Cl2N4O5S/c1-3-22(2)35(42(40,41)26-15-16-28(32)29(18-26)36(38)39)21-30(37)34(24-11-5-4-6-12-24)20-25-13-9-17-33(25)19-23-10-7-8-14-27(23)31/h7-10,13-18,22,24H,3-6,11-12,19-21H2,1-2H3. The molecule has 1 unspecified atom stereocenters. The molecule has 0 bridgehead atoms. The Morgan fingerprint density at radius 1 is 1.07 bits per heavy atom. The van der Waals surface area contributed by atoms with E-state index in [0.29, 0.717) is 24.5 Å². The molecule has 1 heterocycles. The van der Waals surface area contributed by atoms with Crippen LogP contribution in [0.3, 0.4) is 0 Å². The molecular weight excluding hydrogens is 599 g/mol. The second-order valence-electron chi connectivity index (χ2n) is 10.7. The molecule has 0 N–H and O–H groups in total. The van der Waals surface area contributed by atoms with Crippen molar-refractivity contribution in [2.75, 3.05) is 6.54 Å². The van der Waals surface area contributed by atoms with Gasteiger partial charge in [0.1, 0.15) is 5.02 Å². The molecule has 1 fully saturated rings. The maximum Gasteiger partial charge on any atom is 0.289 e. The van der Waals surface area contributed by atoms with E-state index in [0.717, 1.165) is 53.7 Å². The summed E-state index contributed by atoms with van der Waals surface area (Å²) in [5, 5.41) is 12.0. The van der Waals surface area contributed by atoms with E-state index in [9.17, 15) is 23.3 Å². The molecule has 0 saturated heterocycles. The molecule has 0 aliphatic heterocycles. The predicted octanol–water partition coefficient (Wildman–Crippen LogP) is 6.90. The fourth-order valence-electron chi connectivity index (χ4n) is 5.38. The van der Waals surface area contributed by atoms with Gasteiger partial charge in [-0.05, 0) is 62.1 Å². The monoisotopic (exact) mass is 634 g/mol. The van der Waals surface area contributed by atoms with Crippen LogP contribution >= 0.6 is 23.2 Å². The van der Waals surface area contributed by atoms with Crippen molar-refractivity contribution >= 4 is 44.8 Å². The van der Waals surface area contributed by atoms with Gasteiger partial charge in [-0.2, -0.15) is 4.31 Å². The summed E-state index contributed by atoms with van der Waals surface area (Å²) in [6.45, 7) is 4.05. The Kier molecular flexibility index (Phi) is 10.7. The largest absolute Gasteiger partial charge is 0.345 e. The van der Waals surface area contributed by atoms with Gasteiger partial charge in [0.25, 0.3) is 5.69 Å². The van der Waals surface area contributed by atoms with Gasteiger partial charge in [0.2, 0.25) is 15.9 Å². The van der Waals surface area contributed by atoms with Gasteiger partial charge in [-0.25, -0.2) is 8.42 Å². The topological polar surface area (TPSA) is 106 Å². The van der Waals surface area contributed by atoms with Gasteiger partial charge < -0.3 is 9.47 Å². The average molecular weight is 636 g/mol. The average Bonchev–Trinajstić information content (AvgIpc) is 3.42. The highest BCUT2D eigenvalue weighted by atomic mass is 35.5. The number of carbonyl (C=O) groups excluding carboxylic acids is 1. The van der Waals surface area contributed by atoms with Crippen LogP contribution in [-0.4, -0.2) is 51.6 Å². The number of nitrogens with zero attached hydrogens (tertiary/aromatic N) is 4. The van der Waals surface area contributed by atoms with Crippen molar-refractivity contribution in [3.8, 4) is 0 Å². The number of nitro benzene ring substituents is 1. The lowest BCUT2D eigenvalue weighted by Gasteiger charge is -2.37. The van der Waals surface area contributed by atoms with Gasteiger partial charge in [0.15, 0.2) is 0 Å². The molecule has 1 amide bonds. The molecule has 1 atom stereocenters. The molecule has 3 aromatic rings. The SMILES string of the molecule is CCC(C)N(CC(=O)N(Cc1cccn1Cc1ccccc1Cl)C1CCCCC1)S(=O)(=O)c1ccc(Cl)c([N+](=O)[O-])c1. The number of carbonyl (C=O) groups is 1. The van der Waals surface area contributed by atoms with Gasteiger partial charge >= 0.3 is 0 Å². The fourth-order valence-corrected chi connectivity index (χ4v) is 7.44. The van der Waals surface area contributed by atoms with Crippen molar-refractivity contribution in [3.05, 3.63) is 92.2 Å². The molecule has 0 radical (unpaired) electrons. The lowest BCUT2D eigenvalue weighted by Crippen LogP contribution is -2.49. The summed E-state index contributed by atoms with van der Waals surface area (Å²) in [6, 6.07) is 14.4. The van der Waals surface area contributed by atoms with Crippen LogP contribution in [0, 0.1) is 10.1 Å². The third kappa shape index (κ3) is 7.34. The van der Waals surface area contributed by atoms with E-state index in [4.69, 9.17) is 23.2 Å². The summed E-state index contributed by atoms with van der Waals surface area (Å²) >= 11 is 12.4. The number of aromatic nitrogens is 1. The smallest absolute Gasteiger partial charge is 0.289 e. The first-order chi connectivity index (χ1) is 20.0. The van der Waals surface area contributed by atoms with E-state index in [1.807, 2.05) is 54.4 Å². The fraction of sp³-hybridized carbons (Fsp3) is 0.433. The summed E-state index contributed by atoms with van der Waals surface area (Å²) in [7, 11) is -4.26. The second-order valence-corrected chi connectivity index (χ2v) is 13.4. The first-order valence-corrected chi connectivity index (χ1v) is 16.3. The summed E-state index contributed by atoms with van der Waals surface area (Å²) < 4.78 is 30.9. The molecule has 1 aromatic heterocycles. The predicted molar refractivity (Wildman–Crippen MR) is 164 cm³/mol. The van der Waals surface area contributed by atoms with Crippen LogP contribution in [0.2, 0.25) is 10.0 Å². The van der Waals surface area contributed by atoms with Crippen LogP contribution < -0.4 is 0 Å². The van der Waals surface area contributed by atoms with Crippen molar-refractivity contribution in [2.45, 2.75) is 82.4 Å². The molecule has 1 saturated carbocycles. The van der Waals surface area contributed by atoms with Crippen LogP contribution in [0.1, 0.15) is 63.6 Å². The molecule has 9 nitrogen and oxygen atoms in total. The highest BCUT2D eigenvalue weighted by Gasteiger charge is 2.35. The van der Waals surface area contributed by atoms with Crippen LogP contribution in [0.15, 0.2) is 65.7 Å². The van der Waals surface area contributed by atoms with Gasteiger partial charge in [-0.15, -0.1) is 0 Å². The Bertz CT molecular complexity index is 1520. The number of rotatable bonds is 12. The molecule has 4 rings (SSSR count). The third-order valence-corrected chi connectivity index (χ3v) is 10.6. The maximum atomic E-state index is 14.1. The Morgan fingerprint density at radius 2 is 1.79 bits per heavy atom. The first kappa shape index (κ1) is 32.0. The molecule has 2 aromatic carbocycles. The lowest BCUT2D eigenvalue weighted by molar-refractivity contribution is -0.384. The van der Waals surface area contributed by atoms with Crippen molar-refractivity contribution in [2.24, 2.45) is 0 Å². The van der Waals surface area contributed by atoms with Crippen LogP contribution in [0.4, 0.5) is 5.69 Å². The highest BCUT2D eigenvalue weighted by molar-refractivity contribution is 7.89. The number of halogens is 2. The zero-order valence-electron chi connectivity index (χ0n) is 23.8. The summed E-state index contributed by atoms with van der Waals surface area (Å²) in [4.78, 5) is 26.4. The Labute approximate surface area is 257 Å². The summed E-state index contributed by atoms with van der Waals surface area (Å²) in [5.74, 6) is -0.306. The highest BCUT2D eigenvalue weighted by Crippen LogP contribution is 2.31. The zero-order valence-corrected chi connectivity index (χ0v) is 26.1. The van der Waals surface area contributed by atoms with Crippen molar-refractivity contribution in [3.63, 3.8) is 0 Å². The number of amides is 1. The molecule has 1 aliphatic carbocycles. The van der Waals surface area contributed by atoms with E-state index in [1.165, 1.54) is 12.1 Å². The van der Waals surface area contributed by atoms with Gasteiger partial charge in [0.05, 0.1) is 22.9 Å². The van der Waals surface area contributed by atoms with E-state index < -0.39 is 26.7 Å². The number of sulfonamides is 1. The molecule has 226 valence electrons. The van der Waals surface area contributed by atoms with Crippen LogP contribution in [0.5, 0.6) is 0 Å². The van der Waals surface area contributed by atoms with Gasteiger partial charge in [-0.1, -0.05) is 67.6 Å². The third-order valence-electron chi connectivity index (χ3n) is 7.98. The molecule has 42 heavy (non-hydrogen) atoms. The van der Waals surface area contributed by atoms with E-state index in [-0.39, 0.29) is 28.4 Å². The minimum Gasteiger partial charge on any atom is -0.345 e. The first-order valence-electron chi connectivity index (χ1n) is 14.2. The van der Waals surface area contributed by atoms with E-state index >= 15 is 0 Å². The number of hydrogen-bond acceptors (Lipinski definition) is 5. The maximum absolute atomic E-state index is 14.1.